The number of carboxylic acids is 1. The molecule has 1 aliphatic heterocycles. The van der Waals surface area contributed by atoms with E-state index in [1.54, 1.807) is 16.2 Å². The Labute approximate surface area is 128 Å². The van der Waals surface area contributed by atoms with Crippen LogP contribution in [0, 0.1) is 0 Å². The third-order valence-electron chi connectivity index (χ3n) is 4.51. The largest absolute Gasteiger partial charge is 0.481 e. The van der Waals surface area contributed by atoms with E-state index in [1.165, 1.54) is 23.3 Å². The molecule has 1 unspecified atom stereocenters. The number of carboxylic acid groups (broad SMARTS) is 1. The van der Waals surface area contributed by atoms with Gasteiger partial charge in [-0.3, -0.25) is 9.59 Å². The van der Waals surface area contributed by atoms with Crippen molar-refractivity contribution >= 4 is 23.2 Å². The topological polar surface area (TPSA) is 57.6 Å². The Kier molecular flexibility index (Phi) is 4.29. The number of fused-ring (bicyclic) bond motifs is 1. The number of carbonyl (C=O) groups is 2. The van der Waals surface area contributed by atoms with Gasteiger partial charge in [0.15, 0.2) is 0 Å². The summed E-state index contributed by atoms with van der Waals surface area (Å²) in [5.41, 5.74) is 1.33. The van der Waals surface area contributed by atoms with Crippen LogP contribution in [-0.4, -0.2) is 34.5 Å². The molecular formula is C16H21NO3S. The summed E-state index contributed by atoms with van der Waals surface area (Å²) in [6.07, 6.45) is 7.47. The van der Waals surface area contributed by atoms with Crippen LogP contribution in [0.1, 0.15) is 58.6 Å². The normalized spacial score (nSPS) is 21.9. The van der Waals surface area contributed by atoms with Gasteiger partial charge in [-0.2, -0.15) is 0 Å². The van der Waals surface area contributed by atoms with Crippen LogP contribution >= 0.6 is 11.3 Å². The van der Waals surface area contributed by atoms with Crippen LogP contribution in [0.25, 0.3) is 0 Å². The lowest BCUT2D eigenvalue weighted by Crippen LogP contribution is -2.44. The average Bonchev–Trinajstić information content (AvgIpc) is 2.90. The molecular weight excluding hydrogens is 286 g/mol. The lowest BCUT2D eigenvalue weighted by atomic mass is 9.98. The molecule has 21 heavy (non-hydrogen) atoms. The van der Waals surface area contributed by atoms with Crippen molar-refractivity contribution in [2.45, 2.75) is 57.4 Å². The second-order valence-electron chi connectivity index (χ2n) is 6.01. The molecule has 0 aromatic carbocycles. The number of aryl methyl sites for hydroxylation is 2. The minimum Gasteiger partial charge on any atom is -0.481 e. The molecule has 0 spiro atoms. The summed E-state index contributed by atoms with van der Waals surface area (Å²) in [5, 5.41) is 9.03. The Bertz CT molecular complexity index is 528. The van der Waals surface area contributed by atoms with Crippen molar-refractivity contribution in [3.05, 3.63) is 21.4 Å². The lowest BCUT2D eigenvalue weighted by Gasteiger charge is -2.34. The second-order valence-corrected chi connectivity index (χ2v) is 7.15. The molecule has 4 nitrogen and oxygen atoms in total. The van der Waals surface area contributed by atoms with E-state index in [0.29, 0.717) is 6.54 Å². The van der Waals surface area contributed by atoms with Crippen LogP contribution < -0.4 is 0 Å². The number of piperidine rings is 1. The summed E-state index contributed by atoms with van der Waals surface area (Å²) >= 11 is 1.62. The number of likely N-dealkylation sites (tertiary alicyclic amines) is 1. The predicted octanol–water partition coefficient (Wildman–Crippen LogP) is 3.10. The molecule has 1 aromatic rings. The molecule has 0 radical (unpaired) electrons. The first-order valence-electron chi connectivity index (χ1n) is 7.79. The predicted molar refractivity (Wildman–Crippen MR) is 81.9 cm³/mol. The zero-order valence-electron chi connectivity index (χ0n) is 12.1. The van der Waals surface area contributed by atoms with E-state index >= 15 is 0 Å². The third-order valence-corrected chi connectivity index (χ3v) is 5.73. The highest BCUT2D eigenvalue weighted by Gasteiger charge is 2.30. The fraction of sp³-hybridized carbons (Fsp3) is 0.625. The average molecular weight is 307 g/mol. The van der Waals surface area contributed by atoms with Crippen LogP contribution in [0.3, 0.4) is 0 Å². The van der Waals surface area contributed by atoms with Crippen molar-refractivity contribution in [1.82, 2.24) is 4.90 Å². The van der Waals surface area contributed by atoms with E-state index < -0.39 is 5.97 Å². The molecule has 1 aromatic heterocycles. The first-order chi connectivity index (χ1) is 10.1. The Morgan fingerprint density at radius 3 is 2.81 bits per heavy atom. The molecule has 1 fully saturated rings. The number of rotatable bonds is 3. The summed E-state index contributed by atoms with van der Waals surface area (Å²) in [7, 11) is 0. The number of thiophene rings is 1. The second kappa shape index (κ2) is 6.18. The third kappa shape index (κ3) is 3.12. The van der Waals surface area contributed by atoms with Gasteiger partial charge in [-0.1, -0.05) is 0 Å². The van der Waals surface area contributed by atoms with E-state index in [2.05, 4.69) is 0 Å². The van der Waals surface area contributed by atoms with Gasteiger partial charge in [0.1, 0.15) is 0 Å². The van der Waals surface area contributed by atoms with E-state index in [1.807, 2.05) is 6.07 Å². The number of amides is 1. The van der Waals surface area contributed by atoms with Gasteiger partial charge in [0.05, 0.1) is 11.3 Å². The van der Waals surface area contributed by atoms with Gasteiger partial charge >= 0.3 is 5.97 Å². The highest BCUT2D eigenvalue weighted by molar-refractivity contribution is 7.14. The Morgan fingerprint density at radius 2 is 2.05 bits per heavy atom. The van der Waals surface area contributed by atoms with Crippen LogP contribution in [0.5, 0.6) is 0 Å². The first-order valence-corrected chi connectivity index (χ1v) is 8.61. The zero-order chi connectivity index (χ0) is 14.8. The monoisotopic (exact) mass is 307 g/mol. The fourth-order valence-electron chi connectivity index (χ4n) is 3.42. The molecule has 2 heterocycles. The van der Waals surface area contributed by atoms with Gasteiger partial charge in [0, 0.05) is 17.5 Å². The molecule has 0 bridgehead atoms. The maximum atomic E-state index is 12.8. The quantitative estimate of drug-likeness (QED) is 0.933. The minimum atomic E-state index is -0.815. The standard InChI is InChI=1S/C16H21NO3S/c18-15(19)10-12-6-3-4-8-17(12)16(20)14-9-11-5-1-2-7-13(11)21-14/h9,12H,1-8,10H2,(H,18,19). The van der Waals surface area contributed by atoms with E-state index in [9.17, 15) is 9.59 Å². The van der Waals surface area contributed by atoms with Crippen LogP contribution in [0.4, 0.5) is 0 Å². The number of nitrogens with zero attached hydrogens (tertiary/aromatic N) is 1. The lowest BCUT2D eigenvalue weighted by molar-refractivity contribution is -0.138. The summed E-state index contributed by atoms with van der Waals surface area (Å²) in [5.74, 6) is -0.773. The summed E-state index contributed by atoms with van der Waals surface area (Å²) < 4.78 is 0. The van der Waals surface area contributed by atoms with Gasteiger partial charge < -0.3 is 10.0 Å². The van der Waals surface area contributed by atoms with Gasteiger partial charge in [-0.15, -0.1) is 11.3 Å². The van der Waals surface area contributed by atoms with Crippen molar-refractivity contribution in [3.8, 4) is 0 Å². The Hall–Kier alpha value is -1.36. The van der Waals surface area contributed by atoms with Crippen LogP contribution in [0.15, 0.2) is 6.07 Å². The van der Waals surface area contributed by atoms with Crippen molar-refractivity contribution < 1.29 is 14.7 Å². The highest BCUT2D eigenvalue weighted by atomic mass is 32.1. The van der Waals surface area contributed by atoms with Crippen LogP contribution in [-0.2, 0) is 17.6 Å². The van der Waals surface area contributed by atoms with E-state index in [-0.39, 0.29) is 18.4 Å². The van der Waals surface area contributed by atoms with Crippen molar-refractivity contribution in [2.75, 3.05) is 6.54 Å². The van der Waals surface area contributed by atoms with E-state index in [0.717, 1.165) is 37.0 Å². The molecule has 114 valence electrons. The maximum Gasteiger partial charge on any atom is 0.305 e. The molecule has 1 N–H and O–H groups in total. The highest BCUT2D eigenvalue weighted by Crippen LogP contribution is 2.32. The van der Waals surface area contributed by atoms with Gasteiger partial charge in [0.25, 0.3) is 5.91 Å². The van der Waals surface area contributed by atoms with Gasteiger partial charge in [-0.25, -0.2) is 0 Å². The summed E-state index contributed by atoms with van der Waals surface area (Å²) in [4.78, 5) is 27.7. The number of hydrogen-bond acceptors (Lipinski definition) is 3. The van der Waals surface area contributed by atoms with Gasteiger partial charge in [0.2, 0.25) is 0 Å². The zero-order valence-corrected chi connectivity index (χ0v) is 13.0. The molecule has 1 atom stereocenters. The maximum absolute atomic E-state index is 12.8. The number of aliphatic carboxylic acids is 1. The number of hydrogen-bond donors (Lipinski definition) is 1. The summed E-state index contributed by atoms with van der Waals surface area (Å²) in [6, 6.07) is 1.91. The molecule has 1 amide bonds. The molecule has 5 heteroatoms. The first kappa shape index (κ1) is 14.6. The molecule has 0 saturated carbocycles. The van der Waals surface area contributed by atoms with Crippen molar-refractivity contribution in [1.29, 1.82) is 0 Å². The molecule has 2 aliphatic rings. The molecule has 1 saturated heterocycles. The minimum absolute atomic E-state index is 0.0420. The Morgan fingerprint density at radius 1 is 1.24 bits per heavy atom. The fourth-order valence-corrected chi connectivity index (χ4v) is 4.63. The van der Waals surface area contributed by atoms with E-state index in [4.69, 9.17) is 5.11 Å². The molecule has 3 rings (SSSR count). The summed E-state index contributed by atoms with van der Waals surface area (Å²) in [6.45, 7) is 0.694. The van der Waals surface area contributed by atoms with Gasteiger partial charge in [-0.05, 0) is 56.6 Å². The van der Waals surface area contributed by atoms with Crippen molar-refractivity contribution in [3.63, 3.8) is 0 Å². The molecule has 1 aliphatic carbocycles. The van der Waals surface area contributed by atoms with Crippen molar-refractivity contribution in [2.24, 2.45) is 0 Å². The number of carbonyl (C=O) groups excluding carboxylic acids is 1. The Balaban J connectivity index is 1.78. The van der Waals surface area contributed by atoms with Crippen LogP contribution in [0.2, 0.25) is 0 Å². The SMILES string of the molecule is O=C(O)CC1CCCCN1C(=O)c1cc2c(s1)CCCC2. The smallest absolute Gasteiger partial charge is 0.305 e.